The van der Waals surface area contributed by atoms with Gasteiger partial charge >= 0.3 is 0 Å². The lowest BCUT2D eigenvalue weighted by molar-refractivity contribution is -0.131. The zero-order chi connectivity index (χ0) is 19.0. The molecule has 8 nitrogen and oxygen atoms in total. The minimum Gasteiger partial charge on any atom is -0.490 e. The first-order chi connectivity index (χ1) is 12.9. The van der Waals surface area contributed by atoms with Crippen molar-refractivity contribution in [3.05, 3.63) is 18.2 Å². The SMILES string of the molecule is CC(NS(=O)(=O)c1ccc2c(c1)OCCCO2)C(=O)N1C[C@H]2CNC[C@H]2C1.Cl. The summed E-state index contributed by atoms with van der Waals surface area (Å²) in [5.41, 5.74) is 0. The van der Waals surface area contributed by atoms with Crippen LogP contribution < -0.4 is 19.5 Å². The van der Waals surface area contributed by atoms with Crippen LogP contribution in [0.25, 0.3) is 0 Å². The summed E-state index contributed by atoms with van der Waals surface area (Å²) in [4.78, 5) is 14.5. The average molecular weight is 432 g/mol. The highest BCUT2D eigenvalue weighted by Gasteiger charge is 2.39. The summed E-state index contributed by atoms with van der Waals surface area (Å²) < 4.78 is 39.1. The Kier molecular flexibility index (Phi) is 6.38. The van der Waals surface area contributed by atoms with Gasteiger partial charge in [-0.3, -0.25) is 4.79 Å². The molecule has 2 saturated heterocycles. The van der Waals surface area contributed by atoms with E-state index < -0.39 is 16.1 Å². The molecule has 1 aromatic rings. The number of nitrogens with one attached hydrogen (secondary N) is 2. The Balaban J connectivity index is 0.00000225. The number of carbonyl (C=O) groups excluding carboxylic acids is 1. The maximum absolute atomic E-state index is 12.7. The van der Waals surface area contributed by atoms with Crippen LogP contribution in [0.15, 0.2) is 23.1 Å². The van der Waals surface area contributed by atoms with E-state index in [1.807, 2.05) is 0 Å². The van der Waals surface area contributed by atoms with E-state index in [1.54, 1.807) is 17.9 Å². The molecule has 4 rings (SSSR count). The number of benzene rings is 1. The van der Waals surface area contributed by atoms with Crippen molar-refractivity contribution in [3.63, 3.8) is 0 Å². The minimum absolute atomic E-state index is 0. The molecule has 3 atom stereocenters. The number of nitrogens with zero attached hydrogens (tertiary/aromatic N) is 1. The Morgan fingerprint density at radius 3 is 2.50 bits per heavy atom. The molecule has 2 fully saturated rings. The van der Waals surface area contributed by atoms with Crippen LogP contribution in [-0.2, 0) is 14.8 Å². The Labute approximate surface area is 171 Å². The normalized spacial score (nSPS) is 24.8. The Morgan fingerprint density at radius 1 is 1.18 bits per heavy atom. The number of sulfonamides is 1. The predicted octanol–water partition coefficient (Wildman–Crippen LogP) is 0.614. The van der Waals surface area contributed by atoms with Gasteiger partial charge < -0.3 is 19.7 Å². The summed E-state index contributed by atoms with van der Waals surface area (Å²) in [6, 6.07) is 3.69. The Hall–Kier alpha value is -1.55. The molecule has 0 bridgehead atoms. The third kappa shape index (κ3) is 4.22. The second-order valence-electron chi connectivity index (χ2n) is 7.42. The third-order valence-electron chi connectivity index (χ3n) is 5.43. The van der Waals surface area contributed by atoms with Crippen molar-refractivity contribution in [1.82, 2.24) is 14.9 Å². The summed E-state index contributed by atoms with van der Waals surface area (Å²) in [5, 5.41) is 3.33. The number of fused-ring (bicyclic) bond motifs is 2. The van der Waals surface area contributed by atoms with E-state index in [1.165, 1.54) is 12.1 Å². The zero-order valence-electron chi connectivity index (χ0n) is 15.7. The van der Waals surface area contributed by atoms with Gasteiger partial charge in [-0.25, -0.2) is 8.42 Å². The molecular formula is C18H26ClN3O5S. The van der Waals surface area contributed by atoms with E-state index in [0.717, 1.165) is 19.5 Å². The molecule has 28 heavy (non-hydrogen) atoms. The number of ether oxygens (including phenoxy) is 2. The standard InChI is InChI=1S/C18H25N3O5S.ClH/c1-12(18(22)21-10-13-8-19-9-14(13)11-21)20-27(23,24)15-3-4-16-17(7-15)26-6-2-5-25-16;/h3-4,7,12-14,19-20H,2,5-6,8-11H2,1H3;1H/t12?,13-,14+;. The molecule has 1 aromatic carbocycles. The van der Waals surface area contributed by atoms with Gasteiger partial charge in [-0.1, -0.05) is 0 Å². The number of likely N-dealkylation sites (tertiary alicyclic amines) is 1. The van der Waals surface area contributed by atoms with Gasteiger partial charge in [-0.2, -0.15) is 4.72 Å². The smallest absolute Gasteiger partial charge is 0.241 e. The lowest BCUT2D eigenvalue weighted by Gasteiger charge is -2.22. The maximum atomic E-state index is 12.7. The monoisotopic (exact) mass is 431 g/mol. The summed E-state index contributed by atoms with van der Waals surface area (Å²) in [5.74, 6) is 1.71. The van der Waals surface area contributed by atoms with Crippen LogP contribution in [0, 0.1) is 11.8 Å². The molecule has 0 radical (unpaired) electrons. The first kappa shape index (κ1) is 21.2. The molecule has 10 heteroatoms. The number of hydrogen-bond donors (Lipinski definition) is 2. The largest absolute Gasteiger partial charge is 0.490 e. The number of rotatable bonds is 4. The lowest BCUT2D eigenvalue weighted by Crippen LogP contribution is -2.46. The van der Waals surface area contributed by atoms with Gasteiger partial charge in [0.15, 0.2) is 11.5 Å². The van der Waals surface area contributed by atoms with Crippen molar-refractivity contribution in [2.24, 2.45) is 11.8 Å². The second kappa shape index (κ2) is 8.44. The molecule has 2 N–H and O–H groups in total. The van der Waals surface area contributed by atoms with Crippen molar-refractivity contribution < 1.29 is 22.7 Å². The van der Waals surface area contributed by atoms with Gasteiger partial charge in [0.05, 0.1) is 24.2 Å². The molecule has 3 aliphatic heterocycles. The Bertz CT molecular complexity index is 823. The highest BCUT2D eigenvalue weighted by Crippen LogP contribution is 2.32. The summed E-state index contributed by atoms with van der Waals surface area (Å²) in [6.45, 7) is 5.83. The molecule has 1 amide bonds. The highest BCUT2D eigenvalue weighted by atomic mass is 35.5. The first-order valence-corrected chi connectivity index (χ1v) is 10.8. The molecule has 0 aromatic heterocycles. The van der Waals surface area contributed by atoms with Crippen molar-refractivity contribution in [2.75, 3.05) is 39.4 Å². The highest BCUT2D eigenvalue weighted by molar-refractivity contribution is 7.89. The van der Waals surface area contributed by atoms with Crippen molar-refractivity contribution in [2.45, 2.75) is 24.3 Å². The van der Waals surface area contributed by atoms with Gasteiger partial charge in [0.1, 0.15) is 0 Å². The summed E-state index contributed by atoms with van der Waals surface area (Å²) >= 11 is 0. The molecule has 3 aliphatic rings. The van der Waals surface area contributed by atoms with Crippen molar-refractivity contribution in [3.8, 4) is 11.5 Å². The van der Waals surface area contributed by atoms with Gasteiger partial charge in [0.25, 0.3) is 0 Å². The summed E-state index contributed by atoms with van der Waals surface area (Å²) in [7, 11) is -3.84. The van der Waals surface area contributed by atoms with Crippen LogP contribution in [-0.4, -0.2) is 64.7 Å². The van der Waals surface area contributed by atoms with E-state index in [0.29, 0.717) is 49.6 Å². The van der Waals surface area contributed by atoms with Gasteiger partial charge in [0, 0.05) is 38.7 Å². The van der Waals surface area contributed by atoms with Crippen LogP contribution in [0.1, 0.15) is 13.3 Å². The van der Waals surface area contributed by atoms with Crippen LogP contribution in [0.4, 0.5) is 0 Å². The van der Waals surface area contributed by atoms with Gasteiger partial charge in [-0.15, -0.1) is 12.4 Å². The molecule has 156 valence electrons. The van der Waals surface area contributed by atoms with Gasteiger partial charge in [-0.05, 0) is 30.9 Å². The first-order valence-electron chi connectivity index (χ1n) is 9.35. The number of hydrogen-bond acceptors (Lipinski definition) is 6. The number of halogens is 1. The fraction of sp³-hybridized carbons (Fsp3) is 0.611. The summed E-state index contributed by atoms with van der Waals surface area (Å²) in [6.07, 6.45) is 0.744. The van der Waals surface area contributed by atoms with Crippen molar-refractivity contribution in [1.29, 1.82) is 0 Å². The lowest BCUT2D eigenvalue weighted by atomic mass is 10.0. The fourth-order valence-corrected chi connectivity index (χ4v) is 5.18. The molecule has 1 unspecified atom stereocenters. The van der Waals surface area contributed by atoms with Crippen LogP contribution in [0.3, 0.4) is 0 Å². The van der Waals surface area contributed by atoms with Crippen molar-refractivity contribution >= 4 is 28.3 Å². The molecule has 0 aliphatic carbocycles. The van der Waals surface area contributed by atoms with E-state index >= 15 is 0 Å². The molecule has 3 heterocycles. The Morgan fingerprint density at radius 2 is 1.82 bits per heavy atom. The number of carbonyl (C=O) groups is 1. The third-order valence-corrected chi connectivity index (χ3v) is 6.97. The van der Waals surface area contributed by atoms with Crippen LogP contribution in [0.5, 0.6) is 11.5 Å². The van der Waals surface area contributed by atoms with E-state index in [2.05, 4.69) is 10.0 Å². The average Bonchev–Trinajstić information content (AvgIpc) is 3.15. The zero-order valence-corrected chi connectivity index (χ0v) is 17.4. The predicted molar refractivity (Wildman–Crippen MR) is 106 cm³/mol. The quantitative estimate of drug-likeness (QED) is 0.725. The maximum Gasteiger partial charge on any atom is 0.241 e. The molecule has 0 spiro atoms. The second-order valence-corrected chi connectivity index (χ2v) is 9.14. The fourth-order valence-electron chi connectivity index (χ4n) is 3.97. The minimum atomic E-state index is -3.84. The van der Waals surface area contributed by atoms with E-state index in [9.17, 15) is 13.2 Å². The topological polar surface area (TPSA) is 97.0 Å². The van der Waals surface area contributed by atoms with Crippen LogP contribution >= 0.6 is 12.4 Å². The molecule has 0 saturated carbocycles. The van der Waals surface area contributed by atoms with Gasteiger partial charge in [0.2, 0.25) is 15.9 Å². The van der Waals surface area contributed by atoms with Crippen LogP contribution in [0.2, 0.25) is 0 Å². The van der Waals surface area contributed by atoms with E-state index in [-0.39, 0.29) is 23.2 Å². The molecular weight excluding hydrogens is 406 g/mol. The number of amides is 1. The van der Waals surface area contributed by atoms with E-state index in [4.69, 9.17) is 9.47 Å².